The number of nitrogen functional groups attached to an aromatic ring is 1. The Labute approximate surface area is 115 Å². The van der Waals surface area contributed by atoms with Crippen molar-refractivity contribution in [2.45, 2.75) is 13.3 Å². The molecule has 0 aliphatic carbocycles. The number of rotatable bonds is 5. The van der Waals surface area contributed by atoms with Gasteiger partial charge in [-0.1, -0.05) is 0 Å². The Morgan fingerprint density at radius 3 is 2.85 bits per heavy atom. The second-order valence-electron chi connectivity index (χ2n) is 4.28. The van der Waals surface area contributed by atoms with E-state index in [1.807, 2.05) is 19.3 Å². The van der Waals surface area contributed by atoms with Gasteiger partial charge in [-0.15, -0.1) is 0 Å². The molecule has 0 saturated carbocycles. The minimum Gasteiger partial charge on any atom is -0.368 e. The molecule has 0 fully saturated rings. The maximum atomic E-state index is 11.0. The van der Waals surface area contributed by atoms with Gasteiger partial charge in [-0.05, 0) is 13.0 Å². The second-order valence-corrected chi connectivity index (χ2v) is 4.28. The van der Waals surface area contributed by atoms with Crippen molar-refractivity contribution in [1.29, 1.82) is 0 Å². The third-order valence-electron chi connectivity index (χ3n) is 2.70. The van der Waals surface area contributed by atoms with E-state index in [1.54, 1.807) is 4.68 Å². The van der Waals surface area contributed by atoms with Crippen LogP contribution in [0.15, 0.2) is 12.3 Å². The van der Waals surface area contributed by atoms with Crippen molar-refractivity contribution in [2.24, 2.45) is 7.05 Å². The Morgan fingerprint density at radius 2 is 2.25 bits per heavy atom. The van der Waals surface area contributed by atoms with Crippen LogP contribution in [0.2, 0.25) is 0 Å². The number of hydrogen-bond donors (Lipinski definition) is 2. The predicted molar refractivity (Wildman–Crippen MR) is 73.2 cm³/mol. The number of anilines is 2. The molecule has 0 aliphatic heterocycles. The van der Waals surface area contributed by atoms with Crippen LogP contribution in [0.4, 0.5) is 17.5 Å². The van der Waals surface area contributed by atoms with Crippen LogP contribution in [0.5, 0.6) is 0 Å². The Balaban J connectivity index is 2.10. The van der Waals surface area contributed by atoms with E-state index in [0.29, 0.717) is 13.0 Å². The first-order valence-electron chi connectivity index (χ1n) is 5.98. The molecule has 2 aromatic heterocycles. The number of nitrogens with zero attached hydrogens (tertiary/aromatic N) is 5. The maximum Gasteiger partial charge on any atom is 0.332 e. The number of nitrogens with two attached hydrogens (primary N) is 1. The molecule has 9 nitrogen and oxygen atoms in total. The van der Waals surface area contributed by atoms with Crippen LogP contribution in [0.1, 0.15) is 11.4 Å². The molecule has 0 spiro atoms. The van der Waals surface area contributed by atoms with E-state index in [4.69, 9.17) is 5.73 Å². The first kappa shape index (κ1) is 13.7. The highest BCUT2D eigenvalue weighted by Crippen LogP contribution is 2.25. The van der Waals surface area contributed by atoms with Crippen LogP contribution >= 0.6 is 0 Å². The SMILES string of the molecule is Cc1nc(N)nc(NCCc2ccn(C)n2)c1[N+](=O)[O-]. The van der Waals surface area contributed by atoms with Crippen molar-refractivity contribution in [3.05, 3.63) is 33.8 Å². The fraction of sp³-hybridized carbons (Fsp3) is 0.364. The van der Waals surface area contributed by atoms with Gasteiger partial charge in [0.2, 0.25) is 11.8 Å². The fourth-order valence-electron chi connectivity index (χ4n) is 1.84. The van der Waals surface area contributed by atoms with Crippen LogP contribution in [0, 0.1) is 17.0 Å². The molecule has 2 rings (SSSR count). The monoisotopic (exact) mass is 277 g/mol. The van der Waals surface area contributed by atoms with Crippen molar-refractivity contribution in [2.75, 3.05) is 17.6 Å². The highest BCUT2D eigenvalue weighted by atomic mass is 16.6. The van der Waals surface area contributed by atoms with Crippen molar-refractivity contribution < 1.29 is 4.92 Å². The van der Waals surface area contributed by atoms with Gasteiger partial charge in [0.25, 0.3) is 0 Å². The first-order valence-corrected chi connectivity index (χ1v) is 5.98. The molecule has 0 atom stereocenters. The second kappa shape index (κ2) is 5.51. The topological polar surface area (TPSA) is 125 Å². The van der Waals surface area contributed by atoms with E-state index in [-0.39, 0.29) is 23.1 Å². The van der Waals surface area contributed by atoms with Gasteiger partial charge < -0.3 is 11.1 Å². The van der Waals surface area contributed by atoms with Gasteiger partial charge in [0.05, 0.1) is 10.6 Å². The van der Waals surface area contributed by atoms with Crippen LogP contribution in [-0.2, 0) is 13.5 Å². The molecule has 0 radical (unpaired) electrons. The molecular weight excluding hydrogens is 262 g/mol. The standard InChI is InChI=1S/C11H15N7O2/c1-7-9(18(19)20)10(15-11(12)14-7)13-5-3-8-4-6-17(2)16-8/h4,6H,3,5H2,1-2H3,(H3,12,13,14,15). The van der Waals surface area contributed by atoms with E-state index in [0.717, 1.165) is 5.69 Å². The molecule has 9 heteroatoms. The van der Waals surface area contributed by atoms with E-state index >= 15 is 0 Å². The van der Waals surface area contributed by atoms with E-state index in [1.165, 1.54) is 6.92 Å². The first-order chi connectivity index (χ1) is 9.47. The molecule has 0 bridgehead atoms. The lowest BCUT2D eigenvalue weighted by atomic mass is 10.3. The van der Waals surface area contributed by atoms with Gasteiger partial charge in [-0.2, -0.15) is 10.1 Å². The summed E-state index contributed by atoms with van der Waals surface area (Å²) < 4.78 is 1.70. The third-order valence-corrected chi connectivity index (χ3v) is 2.70. The van der Waals surface area contributed by atoms with Crippen molar-refractivity contribution in [1.82, 2.24) is 19.7 Å². The van der Waals surface area contributed by atoms with Crippen LogP contribution in [0.3, 0.4) is 0 Å². The summed E-state index contributed by atoms with van der Waals surface area (Å²) in [6.07, 6.45) is 2.46. The van der Waals surface area contributed by atoms with Gasteiger partial charge in [-0.3, -0.25) is 14.8 Å². The summed E-state index contributed by atoms with van der Waals surface area (Å²) in [7, 11) is 1.83. The molecule has 106 valence electrons. The lowest BCUT2D eigenvalue weighted by Gasteiger charge is -2.07. The number of nitro groups is 1. The van der Waals surface area contributed by atoms with Gasteiger partial charge in [0, 0.05) is 26.2 Å². The Hall–Kier alpha value is -2.71. The van der Waals surface area contributed by atoms with Gasteiger partial charge >= 0.3 is 5.69 Å². The molecule has 0 saturated heterocycles. The molecule has 0 aromatic carbocycles. The smallest absolute Gasteiger partial charge is 0.332 e. The highest BCUT2D eigenvalue weighted by molar-refractivity contribution is 5.60. The molecule has 2 heterocycles. The number of aryl methyl sites for hydroxylation is 2. The third kappa shape index (κ3) is 2.99. The Kier molecular flexibility index (Phi) is 3.78. The normalized spacial score (nSPS) is 10.5. The largest absolute Gasteiger partial charge is 0.368 e. The number of hydrogen-bond acceptors (Lipinski definition) is 7. The van der Waals surface area contributed by atoms with E-state index < -0.39 is 4.92 Å². The molecular formula is C11H15N7O2. The molecule has 0 unspecified atom stereocenters. The molecule has 0 aliphatic rings. The Bertz CT molecular complexity index is 638. The summed E-state index contributed by atoms with van der Waals surface area (Å²) in [5.41, 5.74) is 6.49. The van der Waals surface area contributed by atoms with Crippen LogP contribution < -0.4 is 11.1 Å². The summed E-state index contributed by atoms with van der Waals surface area (Å²) in [6, 6.07) is 1.88. The minimum absolute atomic E-state index is 0.00781. The Morgan fingerprint density at radius 1 is 1.50 bits per heavy atom. The molecule has 0 amide bonds. The average molecular weight is 277 g/mol. The zero-order chi connectivity index (χ0) is 14.7. The van der Waals surface area contributed by atoms with E-state index in [9.17, 15) is 10.1 Å². The predicted octanol–water partition coefficient (Wildman–Crippen LogP) is 0.664. The average Bonchev–Trinajstić information content (AvgIpc) is 2.73. The lowest BCUT2D eigenvalue weighted by Crippen LogP contribution is -2.12. The van der Waals surface area contributed by atoms with Crippen LogP contribution in [-0.4, -0.2) is 31.2 Å². The van der Waals surface area contributed by atoms with Gasteiger partial charge in [0.1, 0.15) is 5.69 Å². The van der Waals surface area contributed by atoms with Crippen molar-refractivity contribution >= 4 is 17.5 Å². The molecule has 20 heavy (non-hydrogen) atoms. The lowest BCUT2D eigenvalue weighted by molar-refractivity contribution is -0.385. The number of nitrogens with one attached hydrogen (secondary N) is 1. The summed E-state index contributed by atoms with van der Waals surface area (Å²) in [4.78, 5) is 18.2. The summed E-state index contributed by atoms with van der Waals surface area (Å²) in [5, 5.41) is 18.2. The van der Waals surface area contributed by atoms with Crippen LogP contribution in [0.25, 0.3) is 0 Å². The zero-order valence-electron chi connectivity index (χ0n) is 11.2. The quantitative estimate of drug-likeness (QED) is 0.607. The van der Waals surface area contributed by atoms with Gasteiger partial charge in [-0.25, -0.2) is 4.98 Å². The molecule has 2 aromatic rings. The maximum absolute atomic E-state index is 11.0. The van der Waals surface area contributed by atoms with E-state index in [2.05, 4.69) is 20.4 Å². The fourth-order valence-corrected chi connectivity index (χ4v) is 1.84. The summed E-state index contributed by atoms with van der Waals surface area (Å²) in [6.45, 7) is 1.99. The minimum atomic E-state index is -0.516. The molecule has 3 N–H and O–H groups in total. The summed E-state index contributed by atoms with van der Waals surface area (Å²) >= 11 is 0. The summed E-state index contributed by atoms with van der Waals surface area (Å²) in [5.74, 6) is 0.143. The highest BCUT2D eigenvalue weighted by Gasteiger charge is 2.21. The van der Waals surface area contributed by atoms with Crippen molar-refractivity contribution in [3.63, 3.8) is 0 Å². The number of aromatic nitrogens is 4. The van der Waals surface area contributed by atoms with Gasteiger partial charge in [0.15, 0.2) is 0 Å². The zero-order valence-corrected chi connectivity index (χ0v) is 11.2. The van der Waals surface area contributed by atoms with Crippen molar-refractivity contribution in [3.8, 4) is 0 Å².